The van der Waals surface area contributed by atoms with Crippen LogP contribution in [0, 0.1) is 5.41 Å². The summed E-state index contributed by atoms with van der Waals surface area (Å²) in [6.45, 7) is 8.19. The number of hydrogen-bond acceptors (Lipinski definition) is 10. The Kier molecular flexibility index (Phi) is 15.0. The van der Waals surface area contributed by atoms with Crippen LogP contribution in [0.15, 0.2) is 48.9 Å². The van der Waals surface area contributed by atoms with Gasteiger partial charge in [-0.25, -0.2) is 9.80 Å². The Morgan fingerprint density at radius 2 is 0.930 bits per heavy atom. The zero-order valence-electron chi connectivity index (χ0n) is 24.6. The lowest BCUT2D eigenvalue weighted by atomic mass is 9.72. The maximum absolute atomic E-state index is 12.3. The third kappa shape index (κ3) is 10.9. The van der Waals surface area contributed by atoms with Crippen LogP contribution in [0.1, 0.15) is 64.2 Å². The first-order valence-electron chi connectivity index (χ1n) is 14.5. The zero-order valence-corrected chi connectivity index (χ0v) is 24.6. The fourth-order valence-electron chi connectivity index (χ4n) is 5.16. The van der Waals surface area contributed by atoms with Gasteiger partial charge in [0.2, 0.25) is 0 Å². The minimum absolute atomic E-state index is 0.0230. The van der Waals surface area contributed by atoms with E-state index in [0.29, 0.717) is 38.9 Å². The molecule has 0 saturated heterocycles. The summed E-state index contributed by atoms with van der Waals surface area (Å²) >= 11 is 0. The van der Waals surface area contributed by atoms with Crippen LogP contribution in [0.5, 0.6) is 0 Å². The molecule has 0 aliphatic carbocycles. The Hall–Kier alpha value is -3.58. The van der Waals surface area contributed by atoms with Gasteiger partial charge in [-0.2, -0.15) is 0 Å². The molecule has 0 unspecified atom stereocenters. The topological polar surface area (TPSA) is 168 Å². The highest BCUT2D eigenvalue weighted by Gasteiger charge is 2.31. The lowest BCUT2D eigenvalue weighted by molar-refractivity contribution is -0.138. The molecule has 2 N–H and O–H groups in total. The van der Waals surface area contributed by atoms with Crippen LogP contribution in [-0.2, 0) is 38.2 Å². The van der Waals surface area contributed by atoms with Crippen molar-refractivity contribution in [3.05, 3.63) is 48.9 Å². The van der Waals surface area contributed by atoms with Gasteiger partial charge in [-0.1, -0.05) is 13.2 Å². The standard InChI is InChI=1S/C31H42N2O10/c1-23(32-27(38)7-8-28(32)39)25(36)11-21-42-19-5-15-31(13-3-17-34,14-4-18-35)16-6-20-43-22-12-26(37)24(2)33-29(40)9-10-30(33)41/h7-10,34-35H,1-6,11-22H2. The molecule has 4 amide bonds. The number of carbonyl (C=O) groups is 6. The molecule has 2 rings (SSSR count). The van der Waals surface area contributed by atoms with Crippen molar-refractivity contribution < 1.29 is 48.5 Å². The molecule has 2 aliphatic heterocycles. The first-order valence-corrected chi connectivity index (χ1v) is 14.5. The van der Waals surface area contributed by atoms with E-state index in [4.69, 9.17) is 9.47 Å². The molecule has 2 heterocycles. The largest absolute Gasteiger partial charge is 0.396 e. The Morgan fingerprint density at radius 3 is 1.26 bits per heavy atom. The molecule has 236 valence electrons. The molecule has 0 fully saturated rings. The third-order valence-electron chi connectivity index (χ3n) is 7.47. The van der Waals surface area contributed by atoms with Gasteiger partial charge in [0.05, 0.1) is 24.6 Å². The summed E-state index contributed by atoms with van der Waals surface area (Å²) in [5.41, 5.74) is -0.526. The van der Waals surface area contributed by atoms with E-state index in [1.807, 2.05) is 0 Å². The number of hydrogen-bond donors (Lipinski definition) is 2. The first-order chi connectivity index (χ1) is 20.6. The smallest absolute Gasteiger partial charge is 0.258 e. The van der Waals surface area contributed by atoms with Crippen LogP contribution in [0.2, 0.25) is 0 Å². The number of amides is 4. The number of aliphatic hydroxyl groups is 2. The Morgan fingerprint density at radius 1 is 0.605 bits per heavy atom. The van der Waals surface area contributed by atoms with Crippen molar-refractivity contribution >= 4 is 35.2 Å². The van der Waals surface area contributed by atoms with E-state index < -0.39 is 35.2 Å². The van der Waals surface area contributed by atoms with Crippen molar-refractivity contribution in [2.45, 2.75) is 64.2 Å². The number of ketones is 2. The highest BCUT2D eigenvalue weighted by Crippen LogP contribution is 2.39. The highest BCUT2D eigenvalue weighted by molar-refractivity contribution is 6.19. The second kappa shape index (κ2) is 18.2. The molecule has 0 saturated carbocycles. The lowest BCUT2D eigenvalue weighted by Crippen LogP contribution is -2.32. The van der Waals surface area contributed by atoms with Crippen molar-refractivity contribution in [1.82, 2.24) is 9.80 Å². The van der Waals surface area contributed by atoms with Gasteiger partial charge >= 0.3 is 0 Å². The number of rotatable bonds is 24. The number of imide groups is 2. The highest BCUT2D eigenvalue weighted by atomic mass is 16.5. The molecule has 0 spiro atoms. The minimum Gasteiger partial charge on any atom is -0.396 e. The van der Waals surface area contributed by atoms with Gasteiger partial charge in [0.15, 0.2) is 11.6 Å². The fourth-order valence-corrected chi connectivity index (χ4v) is 5.16. The molecule has 12 nitrogen and oxygen atoms in total. The van der Waals surface area contributed by atoms with Crippen LogP contribution in [0.25, 0.3) is 0 Å². The number of carbonyl (C=O) groups excluding carboxylic acids is 6. The predicted octanol–water partition coefficient (Wildman–Crippen LogP) is 1.91. The second-order valence-electron chi connectivity index (χ2n) is 10.5. The van der Waals surface area contributed by atoms with E-state index in [9.17, 15) is 39.0 Å². The maximum Gasteiger partial charge on any atom is 0.258 e. The quantitative estimate of drug-likeness (QED) is 0.0946. The summed E-state index contributed by atoms with van der Waals surface area (Å²) < 4.78 is 11.3. The van der Waals surface area contributed by atoms with Crippen LogP contribution < -0.4 is 0 Å². The summed E-state index contributed by atoms with van der Waals surface area (Å²) in [6, 6.07) is 0. The Labute approximate surface area is 251 Å². The molecular formula is C31H42N2O10. The molecule has 0 atom stereocenters. The maximum atomic E-state index is 12.3. The van der Waals surface area contributed by atoms with E-state index >= 15 is 0 Å². The lowest BCUT2D eigenvalue weighted by Gasteiger charge is -2.34. The molecule has 0 aromatic heterocycles. The van der Waals surface area contributed by atoms with Gasteiger partial charge in [-0.15, -0.1) is 0 Å². The van der Waals surface area contributed by atoms with Gasteiger partial charge < -0.3 is 19.7 Å². The average molecular weight is 603 g/mol. The summed E-state index contributed by atoms with van der Waals surface area (Å²) in [5, 5.41) is 19.0. The van der Waals surface area contributed by atoms with E-state index in [-0.39, 0.29) is 56.1 Å². The van der Waals surface area contributed by atoms with Gasteiger partial charge in [-0.05, 0) is 56.8 Å². The third-order valence-corrected chi connectivity index (χ3v) is 7.47. The van der Waals surface area contributed by atoms with Crippen LogP contribution >= 0.6 is 0 Å². The monoisotopic (exact) mass is 602 g/mol. The SMILES string of the molecule is C=C(C(=O)CCOCCCC(CCCO)(CCCO)CCCOCCC(=O)C(=C)N1C(=O)C=CC1=O)N1C(=O)C=CC1=O. The molecule has 43 heavy (non-hydrogen) atoms. The average Bonchev–Trinajstić information content (AvgIpc) is 3.51. The van der Waals surface area contributed by atoms with Crippen molar-refractivity contribution in [2.75, 3.05) is 39.6 Å². The Balaban J connectivity index is 1.75. The molecule has 12 heteroatoms. The van der Waals surface area contributed by atoms with Gasteiger partial charge in [-0.3, -0.25) is 28.8 Å². The zero-order chi connectivity index (χ0) is 31.8. The van der Waals surface area contributed by atoms with E-state index in [1.54, 1.807) is 0 Å². The first kappa shape index (κ1) is 35.6. The number of allylic oxidation sites excluding steroid dienone is 2. The van der Waals surface area contributed by atoms with E-state index in [2.05, 4.69) is 13.2 Å². The summed E-state index contributed by atoms with van der Waals surface area (Å²) in [6.07, 6.45) is 9.89. The van der Waals surface area contributed by atoms with Gasteiger partial charge in [0, 0.05) is 63.6 Å². The summed E-state index contributed by atoms with van der Waals surface area (Å²) in [4.78, 5) is 73.1. The van der Waals surface area contributed by atoms with Crippen molar-refractivity contribution in [2.24, 2.45) is 5.41 Å². The van der Waals surface area contributed by atoms with Gasteiger partial charge in [0.25, 0.3) is 23.6 Å². The summed E-state index contributed by atoms with van der Waals surface area (Å²) in [7, 11) is 0. The molecule has 0 bridgehead atoms. The van der Waals surface area contributed by atoms with Crippen LogP contribution in [-0.4, -0.2) is 94.8 Å². The molecular weight excluding hydrogens is 560 g/mol. The second-order valence-corrected chi connectivity index (χ2v) is 10.5. The normalized spacial score (nSPS) is 14.8. The fraction of sp³-hybridized carbons (Fsp3) is 0.548. The molecule has 0 radical (unpaired) electrons. The molecule has 2 aliphatic rings. The number of ether oxygens (including phenoxy) is 2. The van der Waals surface area contributed by atoms with Gasteiger partial charge in [0.1, 0.15) is 0 Å². The van der Waals surface area contributed by atoms with Crippen LogP contribution in [0.4, 0.5) is 0 Å². The van der Waals surface area contributed by atoms with Crippen molar-refractivity contribution in [3.8, 4) is 0 Å². The number of Topliss-reactive ketones (excluding diaryl/α,β-unsaturated/α-hetero) is 2. The number of nitrogens with zero attached hydrogens (tertiary/aromatic N) is 2. The van der Waals surface area contributed by atoms with Crippen LogP contribution in [0.3, 0.4) is 0 Å². The van der Waals surface area contributed by atoms with Crippen molar-refractivity contribution in [3.63, 3.8) is 0 Å². The van der Waals surface area contributed by atoms with E-state index in [1.165, 1.54) is 0 Å². The Bertz CT molecular complexity index is 1020. The predicted molar refractivity (Wildman–Crippen MR) is 155 cm³/mol. The number of aliphatic hydroxyl groups excluding tert-OH is 2. The summed E-state index contributed by atoms with van der Waals surface area (Å²) in [5.74, 6) is -3.29. The van der Waals surface area contributed by atoms with E-state index in [0.717, 1.165) is 59.8 Å². The molecule has 0 aromatic rings. The molecule has 0 aromatic carbocycles. The minimum atomic E-state index is -0.596. The van der Waals surface area contributed by atoms with Crippen molar-refractivity contribution in [1.29, 1.82) is 0 Å².